The molecule has 0 bridgehead atoms. The summed E-state index contributed by atoms with van der Waals surface area (Å²) in [5.41, 5.74) is 2.34. The molecule has 0 aliphatic rings. The number of hydrogen-bond donors (Lipinski definition) is 1. The van der Waals surface area contributed by atoms with E-state index in [9.17, 15) is 8.42 Å². The number of fused-ring (bicyclic) bond motifs is 1. The minimum atomic E-state index is -3.69. The maximum atomic E-state index is 12.6. The van der Waals surface area contributed by atoms with Gasteiger partial charge in [0, 0.05) is 17.8 Å². The first-order chi connectivity index (χ1) is 12.3. The van der Waals surface area contributed by atoms with Crippen LogP contribution in [-0.4, -0.2) is 23.0 Å². The molecule has 0 unspecified atom stereocenters. The van der Waals surface area contributed by atoms with Gasteiger partial charge in [-0.25, -0.2) is 23.1 Å². The molecule has 3 aromatic rings. The standard InChI is InChI=1S/C18H21ClN4O2S/c1-12(2)11-23-17(22-16-5-4-8-20-18(16)23)10-21-26(24,25)14-7-6-13(3)15(19)9-14/h4-9,12,21H,10-11H2,1-3H3. The first kappa shape index (κ1) is 18.8. The molecule has 26 heavy (non-hydrogen) atoms. The molecular formula is C18H21ClN4O2S. The van der Waals surface area contributed by atoms with E-state index in [1.807, 2.05) is 23.6 Å². The quantitative estimate of drug-likeness (QED) is 0.696. The average molecular weight is 393 g/mol. The molecule has 0 saturated heterocycles. The molecule has 0 atom stereocenters. The van der Waals surface area contributed by atoms with Crippen LogP contribution in [-0.2, 0) is 23.1 Å². The van der Waals surface area contributed by atoms with Crippen LogP contribution >= 0.6 is 11.6 Å². The highest BCUT2D eigenvalue weighted by Gasteiger charge is 2.18. The molecular weight excluding hydrogens is 372 g/mol. The van der Waals surface area contributed by atoms with Crippen LogP contribution in [0.5, 0.6) is 0 Å². The second-order valence-electron chi connectivity index (χ2n) is 6.61. The van der Waals surface area contributed by atoms with Crippen molar-refractivity contribution in [3.8, 4) is 0 Å². The van der Waals surface area contributed by atoms with E-state index in [0.29, 0.717) is 23.3 Å². The summed E-state index contributed by atoms with van der Waals surface area (Å²) in [6, 6.07) is 8.38. The van der Waals surface area contributed by atoms with Crippen LogP contribution in [0.1, 0.15) is 25.2 Å². The van der Waals surface area contributed by atoms with Crippen molar-refractivity contribution >= 4 is 32.8 Å². The number of aromatic nitrogens is 3. The van der Waals surface area contributed by atoms with E-state index in [-0.39, 0.29) is 11.4 Å². The summed E-state index contributed by atoms with van der Waals surface area (Å²) in [7, 11) is -3.69. The fraction of sp³-hybridized carbons (Fsp3) is 0.333. The smallest absolute Gasteiger partial charge is 0.241 e. The number of nitrogens with zero attached hydrogens (tertiary/aromatic N) is 3. The molecule has 1 aromatic carbocycles. The Kier molecular flexibility index (Phi) is 5.32. The van der Waals surface area contributed by atoms with Gasteiger partial charge in [0.1, 0.15) is 11.3 Å². The highest BCUT2D eigenvalue weighted by Crippen LogP contribution is 2.21. The summed E-state index contributed by atoms with van der Waals surface area (Å²) in [6.07, 6.45) is 1.71. The van der Waals surface area contributed by atoms with E-state index in [1.165, 1.54) is 6.07 Å². The molecule has 1 N–H and O–H groups in total. The van der Waals surface area contributed by atoms with E-state index in [2.05, 4.69) is 28.5 Å². The number of nitrogens with one attached hydrogen (secondary N) is 1. The first-order valence-electron chi connectivity index (χ1n) is 8.34. The number of halogens is 1. The molecule has 0 aliphatic heterocycles. The third-order valence-electron chi connectivity index (χ3n) is 4.00. The van der Waals surface area contributed by atoms with Crippen LogP contribution in [0, 0.1) is 12.8 Å². The van der Waals surface area contributed by atoms with Gasteiger partial charge in [0.25, 0.3) is 0 Å². The maximum Gasteiger partial charge on any atom is 0.241 e. The molecule has 2 heterocycles. The number of hydrogen-bond acceptors (Lipinski definition) is 4. The van der Waals surface area contributed by atoms with Gasteiger partial charge in [-0.3, -0.25) is 0 Å². The predicted molar refractivity (Wildman–Crippen MR) is 103 cm³/mol. The lowest BCUT2D eigenvalue weighted by molar-refractivity contribution is 0.510. The SMILES string of the molecule is Cc1ccc(S(=O)(=O)NCc2nc3cccnc3n2CC(C)C)cc1Cl. The summed E-state index contributed by atoms with van der Waals surface area (Å²) in [5, 5.41) is 0.420. The number of rotatable bonds is 6. The molecule has 0 radical (unpaired) electrons. The highest BCUT2D eigenvalue weighted by molar-refractivity contribution is 7.89. The summed E-state index contributed by atoms with van der Waals surface area (Å²) in [5.74, 6) is 1.01. The summed E-state index contributed by atoms with van der Waals surface area (Å²) in [6.45, 7) is 6.80. The van der Waals surface area contributed by atoms with Crippen LogP contribution in [0.25, 0.3) is 11.2 Å². The molecule has 0 aliphatic carbocycles. The number of benzene rings is 1. The van der Waals surface area contributed by atoms with Crippen molar-refractivity contribution in [1.82, 2.24) is 19.3 Å². The van der Waals surface area contributed by atoms with Crippen LogP contribution in [0.15, 0.2) is 41.4 Å². The normalized spacial score (nSPS) is 12.2. The van der Waals surface area contributed by atoms with Gasteiger partial charge in [0.15, 0.2) is 5.65 Å². The zero-order valence-electron chi connectivity index (χ0n) is 14.9. The number of sulfonamides is 1. The average Bonchev–Trinajstić information content (AvgIpc) is 2.93. The van der Waals surface area contributed by atoms with E-state index in [1.54, 1.807) is 18.3 Å². The van der Waals surface area contributed by atoms with Crippen molar-refractivity contribution in [3.63, 3.8) is 0 Å². The molecule has 0 spiro atoms. The minimum absolute atomic E-state index is 0.0803. The lowest BCUT2D eigenvalue weighted by atomic mass is 10.2. The lowest BCUT2D eigenvalue weighted by Crippen LogP contribution is -2.25. The van der Waals surface area contributed by atoms with Crippen LogP contribution in [0.4, 0.5) is 0 Å². The summed E-state index contributed by atoms with van der Waals surface area (Å²) < 4.78 is 29.8. The molecule has 0 saturated carbocycles. The van der Waals surface area contributed by atoms with Crippen molar-refractivity contribution < 1.29 is 8.42 Å². The van der Waals surface area contributed by atoms with E-state index < -0.39 is 10.0 Å². The summed E-state index contributed by atoms with van der Waals surface area (Å²) in [4.78, 5) is 9.06. The second kappa shape index (κ2) is 7.34. The van der Waals surface area contributed by atoms with Gasteiger partial charge >= 0.3 is 0 Å². The van der Waals surface area contributed by atoms with E-state index >= 15 is 0 Å². The largest absolute Gasteiger partial charge is 0.311 e. The lowest BCUT2D eigenvalue weighted by Gasteiger charge is -2.12. The fourth-order valence-electron chi connectivity index (χ4n) is 2.68. The third kappa shape index (κ3) is 3.90. The highest BCUT2D eigenvalue weighted by atomic mass is 35.5. The Morgan fingerprint density at radius 2 is 2.04 bits per heavy atom. The topological polar surface area (TPSA) is 76.9 Å². The van der Waals surface area contributed by atoms with Crippen molar-refractivity contribution in [2.45, 2.75) is 38.8 Å². The van der Waals surface area contributed by atoms with Gasteiger partial charge in [-0.1, -0.05) is 31.5 Å². The van der Waals surface area contributed by atoms with Crippen molar-refractivity contribution in [3.05, 3.63) is 52.9 Å². The zero-order valence-corrected chi connectivity index (χ0v) is 16.5. The Morgan fingerprint density at radius 3 is 2.73 bits per heavy atom. The molecule has 138 valence electrons. The predicted octanol–water partition coefficient (Wildman–Crippen LogP) is 3.53. The van der Waals surface area contributed by atoms with E-state index in [0.717, 1.165) is 16.7 Å². The number of aryl methyl sites for hydroxylation is 1. The zero-order chi connectivity index (χ0) is 18.9. The van der Waals surface area contributed by atoms with Gasteiger partial charge < -0.3 is 4.57 Å². The number of pyridine rings is 1. The van der Waals surface area contributed by atoms with Gasteiger partial charge in [-0.15, -0.1) is 0 Å². The van der Waals surface area contributed by atoms with Gasteiger partial charge in [-0.2, -0.15) is 0 Å². The van der Waals surface area contributed by atoms with Crippen molar-refractivity contribution in [1.29, 1.82) is 0 Å². The molecule has 0 amide bonds. The van der Waals surface area contributed by atoms with Crippen molar-refractivity contribution in [2.75, 3.05) is 0 Å². The Morgan fingerprint density at radius 1 is 1.27 bits per heavy atom. The Bertz CT molecular complexity index is 1040. The molecule has 6 nitrogen and oxygen atoms in total. The van der Waals surface area contributed by atoms with Crippen LogP contribution in [0.3, 0.4) is 0 Å². The molecule has 8 heteroatoms. The van der Waals surface area contributed by atoms with Gasteiger partial charge in [0.2, 0.25) is 10.0 Å². The Labute approximate surface area is 158 Å². The molecule has 0 fully saturated rings. The van der Waals surface area contributed by atoms with Crippen LogP contribution in [0.2, 0.25) is 5.02 Å². The maximum absolute atomic E-state index is 12.6. The summed E-state index contributed by atoms with van der Waals surface area (Å²) >= 11 is 6.06. The second-order valence-corrected chi connectivity index (χ2v) is 8.79. The number of imidazole rings is 1. The first-order valence-corrected chi connectivity index (χ1v) is 10.2. The molecule has 2 aromatic heterocycles. The Balaban J connectivity index is 1.90. The van der Waals surface area contributed by atoms with E-state index in [4.69, 9.17) is 11.6 Å². The van der Waals surface area contributed by atoms with Gasteiger partial charge in [0.05, 0.1) is 11.4 Å². The third-order valence-corrected chi connectivity index (χ3v) is 5.81. The minimum Gasteiger partial charge on any atom is -0.311 e. The van der Waals surface area contributed by atoms with Crippen molar-refractivity contribution in [2.24, 2.45) is 5.92 Å². The fourth-order valence-corrected chi connectivity index (χ4v) is 3.93. The molecule has 3 rings (SSSR count). The monoisotopic (exact) mass is 392 g/mol. The van der Waals surface area contributed by atoms with Gasteiger partial charge in [-0.05, 0) is 42.7 Å². The van der Waals surface area contributed by atoms with Crippen LogP contribution < -0.4 is 4.72 Å². The Hall–Kier alpha value is -1.96.